The Kier molecular flexibility index (Phi) is 4.76. The molecule has 1 fully saturated rings. The molecule has 98 valence electrons. The van der Waals surface area contributed by atoms with Crippen LogP contribution in [0.2, 0.25) is 0 Å². The van der Waals surface area contributed by atoms with Crippen LogP contribution in [0, 0.1) is 11.7 Å². The second-order valence-electron chi connectivity index (χ2n) is 5.00. The van der Waals surface area contributed by atoms with E-state index in [9.17, 15) is 9.18 Å². The molecule has 1 aromatic rings. The van der Waals surface area contributed by atoms with Crippen molar-refractivity contribution in [1.82, 2.24) is 0 Å². The Hall–Kier alpha value is -0.890. The maximum atomic E-state index is 12.8. The summed E-state index contributed by atoms with van der Waals surface area (Å²) >= 11 is 6.22. The van der Waals surface area contributed by atoms with Crippen LogP contribution in [-0.2, 0) is 4.79 Å². The van der Waals surface area contributed by atoms with Crippen LogP contribution < -0.4 is 0 Å². The zero-order valence-corrected chi connectivity index (χ0v) is 11.1. The predicted molar refractivity (Wildman–Crippen MR) is 71.2 cm³/mol. The monoisotopic (exact) mass is 268 g/mol. The zero-order chi connectivity index (χ0) is 13.0. The molecule has 0 amide bonds. The van der Waals surface area contributed by atoms with Gasteiger partial charge in [-0.2, -0.15) is 0 Å². The Bertz CT molecular complexity index is 393. The van der Waals surface area contributed by atoms with E-state index in [2.05, 4.69) is 0 Å². The van der Waals surface area contributed by atoms with Crippen LogP contribution in [0.4, 0.5) is 4.39 Å². The SMILES string of the molecule is O=C(C1CCCCCC1)C(Cl)c1ccc(F)cc1. The Labute approximate surface area is 112 Å². The first-order chi connectivity index (χ1) is 8.68. The third-order valence-corrected chi connectivity index (χ3v) is 4.14. The fourth-order valence-electron chi connectivity index (χ4n) is 2.57. The van der Waals surface area contributed by atoms with Crippen molar-refractivity contribution in [3.63, 3.8) is 0 Å². The molecule has 18 heavy (non-hydrogen) atoms. The van der Waals surface area contributed by atoms with E-state index < -0.39 is 5.38 Å². The van der Waals surface area contributed by atoms with Gasteiger partial charge in [0.25, 0.3) is 0 Å². The van der Waals surface area contributed by atoms with E-state index >= 15 is 0 Å². The molecule has 0 heterocycles. The first-order valence-corrected chi connectivity index (χ1v) is 7.05. The highest BCUT2D eigenvalue weighted by molar-refractivity contribution is 6.31. The number of hydrogen-bond donors (Lipinski definition) is 0. The number of ketones is 1. The van der Waals surface area contributed by atoms with E-state index in [1.807, 2.05) is 0 Å². The summed E-state index contributed by atoms with van der Waals surface area (Å²) in [7, 11) is 0. The summed E-state index contributed by atoms with van der Waals surface area (Å²) in [5.41, 5.74) is 0.701. The van der Waals surface area contributed by atoms with Crippen LogP contribution in [-0.4, -0.2) is 5.78 Å². The van der Waals surface area contributed by atoms with Gasteiger partial charge in [0.15, 0.2) is 5.78 Å². The fourth-order valence-corrected chi connectivity index (χ4v) is 2.89. The normalized spacial score (nSPS) is 19.2. The number of Topliss-reactive ketones (excluding diaryl/α,β-unsaturated/α-hetero) is 1. The van der Waals surface area contributed by atoms with E-state index in [0.29, 0.717) is 5.56 Å². The van der Waals surface area contributed by atoms with Gasteiger partial charge in [0.1, 0.15) is 11.2 Å². The van der Waals surface area contributed by atoms with Crippen molar-refractivity contribution < 1.29 is 9.18 Å². The number of rotatable bonds is 3. The highest BCUT2D eigenvalue weighted by Gasteiger charge is 2.27. The molecule has 1 aliphatic carbocycles. The lowest BCUT2D eigenvalue weighted by molar-refractivity contribution is -0.123. The summed E-state index contributed by atoms with van der Waals surface area (Å²) in [4.78, 5) is 12.3. The van der Waals surface area contributed by atoms with E-state index in [1.165, 1.54) is 25.0 Å². The summed E-state index contributed by atoms with van der Waals surface area (Å²) in [6, 6.07) is 5.90. The predicted octanol–water partition coefficient (Wildman–Crippen LogP) is 4.65. The largest absolute Gasteiger partial charge is 0.297 e. The molecule has 1 atom stereocenters. The number of carbonyl (C=O) groups is 1. The Morgan fingerprint density at radius 3 is 2.22 bits per heavy atom. The van der Waals surface area contributed by atoms with Crippen LogP contribution in [0.25, 0.3) is 0 Å². The fraction of sp³-hybridized carbons (Fsp3) is 0.533. The smallest absolute Gasteiger partial charge is 0.158 e. The van der Waals surface area contributed by atoms with Crippen molar-refractivity contribution in [3.05, 3.63) is 35.6 Å². The molecule has 0 aromatic heterocycles. The van der Waals surface area contributed by atoms with Crippen molar-refractivity contribution in [2.45, 2.75) is 43.9 Å². The molecule has 0 radical (unpaired) electrons. The van der Waals surface area contributed by atoms with Crippen molar-refractivity contribution >= 4 is 17.4 Å². The van der Waals surface area contributed by atoms with Crippen LogP contribution >= 0.6 is 11.6 Å². The first kappa shape index (κ1) is 13.5. The zero-order valence-electron chi connectivity index (χ0n) is 10.4. The van der Waals surface area contributed by atoms with Gasteiger partial charge in [0, 0.05) is 5.92 Å². The van der Waals surface area contributed by atoms with Crippen LogP contribution in [0.1, 0.15) is 49.5 Å². The molecule has 1 saturated carbocycles. The molecule has 2 rings (SSSR count). The topological polar surface area (TPSA) is 17.1 Å². The summed E-state index contributed by atoms with van der Waals surface area (Å²) in [6.07, 6.45) is 6.56. The maximum absolute atomic E-state index is 12.8. The summed E-state index contributed by atoms with van der Waals surface area (Å²) in [5.74, 6) is -0.116. The standard InChI is InChI=1S/C15H18ClFO/c16-14(11-7-9-13(17)10-8-11)15(18)12-5-3-1-2-4-6-12/h7-10,12,14H,1-6H2. The lowest BCUT2D eigenvalue weighted by atomic mass is 9.91. The molecule has 0 bridgehead atoms. The molecule has 3 heteroatoms. The third kappa shape index (κ3) is 3.32. The lowest BCUT2D eigenvalue weighted by Gasteiger charge is -2.17. The van der Waals surface area contributed by atoms with Crippen LogP contribution in [0.3, 0.4) is 0 Å². The van der Waals surface area contributed by atoms with Gasteiger partial charge in [-0.1, -0.05) is 37.8 Å². The molecular formula is C15H18ClFO. The highest BCUT2D eigenvalue weighted by atomic mass is 35.5. The van der Waals surface area contributed by atoms with Gasteiger partial charge < -0.3 is 0 Å². The molecule has 1 aliphatic rings. The number of benzene rings is 1. The number of alkyl halides is 1. The van der Waals surface area contributed by atoms with E-state index in [-0.39, 0.29) is 17.5 Å². The van der Waals surface area contributed by atoms with Gasteiger partial charge in [-0.15, -0.1) is 11.6 Å². The molecule has 0 N–H and O–H groups in total. The van der Waals surface area contributed by atoms with E-state index in [4.69, 9.17) is 11.6 Å². The van der Waals surface area contributed by atoms with Crippen molar-refractivity contribution in [2.75, 3.05) is 0 Å². The van der Waals surface area contributed by atoms with E-state index in [0.717, 1.165) is 25.7 Å². The van der Waals surface area contributed by atoms with Crippen molar-refractivity contribution in [1.29, 1.82) is 0 Å². The van der Waals surface area contributed by atoms with Gasteiger partial charge in [-0.3, -0.25) is 4.79 Å². The minimum Gasteiger partial charge on any atom is -0.297 e. The average Bonchev–Trinajstić information content (AvgIpc) is 2.67. The van der Waals surface area contributed by atoms with Gasteiger partial charge in [0.05, 0.1) is 0 Å². The first-order valence-electron chi connectivity index (χ1n) is 6.62. The second kappa shape index (κ2) is 6.33. The van der Waals surface area contributed by atoms with Gasteiger partial charge in [-0.05, 0) is 30.5 Å². The number of hydrogen-bond acceptors (Lipinski definition) is 1. The molecule has 0 spiro atoms. The van der Waals surface area contributed by atoms with Crippen LogP contribution in [0.15, 0.2) is 24.3 Å². The molecule has 0 aliphatic heterocycles. The number of halogens is 2. The molecular weight excluding hydrogens is 251 g/mol. The summed E-state index contributed by atoms with van der Waals surface area (Å²) in [5, 5.41) is -0.631. The van der Waals surface area contributed by atoms with Gasteiger partial charge in [0.2, 0.25) is 0 Å². The average molecular weight is 269 g/mol. The van der Waals surface area contributed by atoms with Crippen molar-refractivity contribution in [3.8, 4) is 0 Å². The minimum absolute atomic E-state index is 0.0834. The Morgan fingerprint density at radius 2 is 1.67 bits per heavy atom. The molecule has 1 aromatic carbocycles. The van der Waals surface area contributed by atoms with Crippen LogP contribution in [0.5, 0.6) is 0 Å². The molecule has 0 saturated heterocycles. The van der Waals surface area contributed by atoms with E-state index in [1.54, 1.807) is 12.1 Å². The quantitative estimate of drug-likeness (QED) is 0.576. The Balaban J connectivity index is 2.05. The second-order valence-corrected chi connectivity index (χ2v) is 5.44. The minimum atomic E-state index is -0.631. The van der Waals surface area contributed by atoms with Gasteiger partial charge in [-0.25, -0.2) is 4.39 Å². The Morgan fingerprint density at radius 1 is 1.11 bits per heavy atom. The maximum Gasteiger partial charge on any atom is 0.158 e. The lowest BCUT2D eigenvalue weighted by Crippen LogP contribution is -2.18. The highest BCUT2D eigenvalue weighted by Crippen LogP contribution is 2.31. The molecule has 1 unspecified atom stereocenters. The summed E-state index contributed by atoms with van der Waals surface area (Å²) < 4.78 is 12.8. The van der Waals surface area contributed by atoms with Crippen molar-refractivity contribution in [2.24, 2.45) is 5.92 Å². The number of carbonyl (C=O) groups excluding carboxylic acids is 1. The van der Waals surface area contributed by atoms with Gasteiger partial charge >= 0.3 is 0 Å². The third-order valence-electron chi connectivity index (χ3n) is 3.67. The summed E-state index contributed by atoms with van der Waals surface area (Å²) in [6.45, 7) is 0. The molecule has 1 nitrogen and oxygen atoms in total.